The molecule has 0 N–H and O–H groups in total. The average molecular weight is 613 g/mol. The summed E-state index contributed by atoms with van der Waals surface area (Å²) in [7, 11) is 0. The minimum Gasteiger partial charge on any atom is -0.490 e. The smallest absolute Gasteiger partial charge is 0.282 e. The zero-order chi connectivity index (χ0) is 25.7. The average Bonchev–Trinajstić information content (AvgIpc) is 2.86. The van der Waals surface area contributed by atoms with Gasteiger partial charge in [-0.15, -0.1) is 0 Å². The Balaban J connectivity index is 1.68. The van der Waals surface area contributed by atoms with Crippen LogP contribution < -0.4 is 15.0 Å². The Bertz CT molecular complexity index is 1460. The molecule has 1 aromatic heterocycles. The first-order valence-corrected chi connectivity index (χ1v) is 13.4. The molecule has 0 unspecified atom stereocenters. The molecule has 1 heterocycles. The summed E-state index contributed by atoms with van der Waals surface area (Å²) in [6, 6.07) is 17.4. The number of halogens is 2. The standard InChI is InChI=1S/C28H27Br2N3O3/c1-4-6-27-32-24-12-11-21(29)14-22(24)28(34)33(27)31-16-20-13-25(35-5-2)26(15-23(20)30)36-17-19-9-7-18(3)8-10-19/h7-16H,4-6,17H2,1-3H3. The van der Waals surface area contributed by atoms with Gasteiger partial charge in [-0.2, -0.15) is 9.78 Å². The monoisotopic (exact) mass is 611 g/mol. The molecule has 0 aliphatic heterocycles. The van der Waals surface area contributed by atoms with Crippen LogP contribution in [0.1, 0.15) is 42.8 Å². The van der Waals surface area contributed by atoms with Gasteiger partial charge in [0.15, 0.2) is 11.5 Å². The van der Waals surface area contributed by atoms with Gasteiger partial charge in [-0.3, -0.25) is 4.79 Å². The van der Waals surface area contributed by atoms with Crippen LogP contribution in [0.25, 0.3) is 10.9 Å². The van der Waals surface area contributed by atoms with Crippen molar-refractivity contribution in [1.82, 2.24) is 9.66 Å². The Morgan fingerprint density at radius 2 is 1.75 bits per heavy atom. The Morgan fingerprint density at radius 1 is 1.00 bits per heavy atom. The molecule has 0 amide bonds. The predicted molar refractivity (Wildman–Crippen MR) is 152 cm³/mol. The van der Waals surface area contributed by atoms with Crippen LogP contribution in [0.15, 0.2) is 73.4 Å². The van der Waals surface area contributed by atoms with Crippen LogP contribution in [-0.2, 0) is 13.0 Å². The van der Waals surface area contributed by atoms with Gasteiger partial charge in [-0.05, 0) is 72.1 Å². The fraction of sp³-hybridized carbons (Fsp3) is 0.250. The molecule has 0 saturated heterocycles. The lowest BCUT2D eigenvalue weighted by Gasteiger charge is -2.14. The zero-order valence-electron chi connectivity index (χ0n) is 20.4. The van der Waals surface area contributed by atoms with Gasteiger partial charge in [0, 0.05) is 20.9 Å². The summed E-state index contributed by atoms with van der Waals surface area (Å²) in [5, 5.41) is 5.05. The molecule has 186 valence electrons. The lowest BCUT2D eigenvalue weighted by Crippen LogP contribution is -2.22. The molecule has 3 aromatic carbocycles. The summed E-state index contributed by atoms with van der Waals surface area (Å²) in [6.07, 6.45) is 3.12. The SMILES string of the molecule is CCCc1nc2ccc(Br)cc2c(=O)n1N=Cc1cc(OCC)c(OCc2ccc(C)cc2)cc1Br. The number of hydrogen-bond acceptors (Lipinski definition) is 5. The molecular weight excluding hydrogens is 586 g/mol. The Kier molecular flexibility index (Phi) is 8.59. The first-order chi connectivity index (χ1) is 17.4. The maximum atomic E-state index is 13.3. The molecule has 0 saturated carbocycles. The van der Waals surface area contributed by atoms with E-state index < -0.39 is 0 Å². The van der Waals surface area contributed by atoms with Crippen molar-refractivity contribution in [2.45, 2.75) is 40.2 Å². The van der Waals surface area contributed by atoms with Crippen molar-refractivity contribution in [2.75, 3.05) is 6.61 Å². The third kappa shape index (κ3) is 6.05. The van der Waals surface area contributed by atoms with Crippen molar-refractivity contribution in [3.8, 4) is 11.5 Å². The minimum atomic E-state index is -0.208. The van der Waals surface area contributed by atoms with E-state index in [4.69, 9.17) is 14.5 Å². The van der Waals surface area contributed by atoms with Gasteiger partial charge < -0.3 is 9.47 Å². The number of ether oxygens (including phenoxy) is 2. The lowest BCUT2D eigenvalue weighted by atomic mass is 10.1. The largest absolute Gasteiger partial charge is 0.490 e. The summed E-state index contributed by atoms with van der Waals surface area (Å²) >= 11 is 7.06. The molecule has 0 aliphatic carbocycles. The van der Waals surface area contributed by atoms with Crippen molar-refractivity contribution in [3.63, 3.8) is 0 Å². The second kappa shape index (κ2) is 11.8. The molecule has 4 aromatic rings. The number of rotatable bonds is 9. The summed E-state index contributed by atoms with van der Waals surface area (Å²) in [4.78, 5) is 18.0. The highest BCUT2D eigenvalue weighted by Gasteiger charge is 2.13. The molecule has 0 radical (unpaired) electrons. The molecule has 0 atom stereocenters. The summed E-state index contributed by atoms with van der Waals surface area (Å²) in [5.41, 5.74) is 3.48. The summed E-state index contributed by atoms with van der Waals surface area (Å²) in [6.45, 7) is 6.94. The van der Waals surface area contributed by atoms with Crippen LogP contribution in [0.2, 0.25) is 0 Å². The molecule has 0 fully saturated rings. The van der Waals surface area contributed by atoms with Crippen LogP contribution in [0.3, 0.4) is 0 Å². The van der Waals surface area contributed by atoms with E-state index in [0.717, 1.165) is 26.5 Å². The Hall–Kier alpha value is -2.97. The van der Waals surface area contributed by atoms with E-state index in [0.29, 0.717) is 47.9 Å². The van der Waals surface area contributed by atoms with Crippen LogP contribution in [0.4, 0.5) is 0 Å². The van der Waals surface area contributed by atoms with Gasteiger partial charge >= 0.3 is 0 Å². The molecule has 0 aliphatic rings. The van der Waals surface area contributed by atoms with Crippen molar-refractivity contribution < 1.29 is 9.47 Å². The van der Waals surface area contributed by atoms with E-state index in [2.05, 4.69) is 56.0 Å². The maximum absolute atomic E-state index is 13.3. The van der Waals surface area contributed by atoms with E-state index >= 15 is 0 Å². The highest BCUT2D eigenvalue weighted by molar-refractivity contribution is 9.10. The van der Waals surface area contributed by atoms with Crippen molar-refractivity contribution in [2.24, 2.45) is 5.10 Å². The molecule has 4 rings (SSSR count). The van der Waals surface area contributed by atoms with Gasteiger partial charge in [0.05, 0.1) is 23.7 Å². The number of nitrogens with zero attached hydrogens (tertiary/aromatic N) is 3. The lowest BCUT2D eigenvalue weighted by molar-refractivity contribution is 0.269. The molecule has 6 nitrogen and oxygen atoms in total. The molecular formula is C28H27Br2N3O3. The Morgan fingerprint density at radius 3 is 2.47 bits per heavy atom. The summed E-state index contributed by atoms with van der Waals surface area (Å²) < 4.78 is 14.9. The van der Waals surface area contributed by atoms with E-state index in [9.17, 15) is 4.79 Å². The van der Waals surface area contributed by atoms with Gasteiger partial charge in [0.25, 0.3) is 5.56 Å². The third-order valence-corrected chi connectivity index (χ3v) is 6.72. The van der Waals surface area contributed by atoms with Gasteiger partial charge in [0.2, 0.25) is 0 Å². The normalized spacial score (nSPS) is 11.4. The molecule has 0 spiro atoms. The number of fused-ring (bicyclic) bond motifs is 1. The zero-order valence-corrected chi connectivity index (χ0v) is 23.6. The highest BCUT2D eigenvalue weighted by Crippen LogP contribution is 2.34. The van der Waals surface area contributed by atoms with E-state index in [-0.39, 0.29) is 5.56 Å². The van der Waals surface area contributed by atoms with E-state index in [1.54, 1.807) is 12.3 Å². The van der Waals surface area contributed by atoms with Gasteiger partial charge in [-0.25, -0.2) is 4.98 Å². The second-order valence-corrected chi connectivity index (χ2v) is 10.1. The third-order valence-electron chi connectivity index (χ3n) is 5.54. The van der Waals surface area contributed by atoms with Gasteiger partial charge in [-0.1, -0.05) is 52.7 Å². The number of benzene rings is 3. The first kappa shape index (κ1) is 26.1. The maximum Gasteiger partial charge on any atom is 0.282 e. The van der Waals surface area contributed by atoms with Crippen molar-refractivity contribution in [1.29, 1.82) is 0 Å². The molecule has 0 bridgehead atoms. The van der Waals surface area contributed by atoms with Crippen LogP contribution >= 0.6 is 31.9 Å². The van der Waals surface area contributed by atoms with Crippen LogP contribution in [0.5, 0.6) is 11.5 Å². The summed E-state index contributed by atoms with van der Waals surface area (Å²) in [5.74, 6) is 1.85. The first-order valence-electron chi connectivity index (χ1n) is 11.8. The van der Waals surface area contributed by atoms with Crippen molar-refractivity contribution >= 4 is 49.0 Å². The van der Waals surface area contributed by atoms with Gasteiger partial charge in [0.1, 0.15) is 12.4 Å². The van der Waals surface area contributed by atoms with E-state index in [1.165, 1.54) is 10.2 Å². The Labute approximate surface area is 227 Å². The van der Waals surface area contributed by atoms with Crippen LogP contribution in [0, 0.1) is 6.92 Å². The van der Waals surface area contributed by atoms with E-state index in [1.807, 2.05) is 50.2 Å². The number of hydrogen-bond donors (Lipinski definition) is 0. The predicted octanol–water partition coefficient (Wildman–Crippen LogP) is 7.04. The number of aromatic nitrogens is 2. The fourth-order valence-electron chi connectivity index (χ4n) is 3.70. The molecule has 8 heteroatoms. The highest BCUT2D eigenvalue weighted by atomic mass is 79.9. The fourth-order valence-corrected chi connectivity index (χ4v) is 4.48. The topological polar surface area (TPSA) is 65.7 Å². The van der Waals surface area contributed by atoms with Crippen molar-refractivity contribution in [3.05, 3.63) is 96.4 Å². The number of aryl methyl sites for hydroxylation is 2. The van der Waals surface area contributed by atoms with Crippen LogP contribution in [-0.4, -0.2) is 22.5 Å². The second-order valence-electron chi connectivity index (χ2n) is 8.33. The quantitative estimate of drug-likeness (QED) is 0.190. The minimum absolute atomic E-state index is 0.208. The molecule has 36 heavy (non-hydrogen) atoms.